The standard InChI is InChI=1S/C15H18ClN5O2S/c1-10(14(22)17-13-7-3-2-6-12(13)16)24-15-18-19-20-21(15)9-11-5-4-8-23-11/h2-3,6-7,10-11H,4-5,8-9H2,1H3,(H,17,22). The van der Waals surface area contributed by atoms with Gasteiger partial charge in [0.15, 0.2) is 0 Å². The monoisotopic (exact) mass is 367 g/mol. The highest BCUT2D eigenvalue weighted by molar-refractivity contribution is 8.00. The maximum absolute atomic E-state index is 12.4. The van der Waals surface area contributed by atoms with Gasteiger partial charge in [-0.05, 0) is 42.3 Å². The summed E-state index contributed by atoms with van der Waals surface area (Å²) < 4.78 is 7.30. The number of tetrazole rings is 1. The van der Waals surface area contributed by atoms with Crippen molar-refractivity contribution >= 4 is 35.0 Å². The Morgan fingerprint density at radius 3 is 3.12 bits per heavy atom. The zero-order valence-corrected chi connectivity index (χ0v) is 14.8. The van der Waals surface area contributed by atoms with Gasteiger partial charge in [-0.3, -0.25) is 4.79 Å². The number of nitrogens with one attached hydrogen (secondary N) is 1. The Morgan fingerprint density at radius 2 is 2.38 bits per heavy atom. The van der Waals surface area contributed by atoms with E-state index >= 15 is 0 Å². The summed E-state index contributed by atoms with van der Waals surface area (Å²) in [5.41, 5.74) is 0.593. The van der Waals surface area contributed by atoms with E-state index in [9.17, 15) is 4.79 Å². The number of ether oxygens (including phenoxy) is 1. The molecule has 0 spiro atoms. The van der Waals surface area contributed by atoms with Crippen LogP contribution < -0.4 is 5.32 Å². The molecule has 1 aliphatic heterocycles. The topological polar surface area (TPSA) is 81.9 Å². The molecule has 1 saturated heterocycles. The van der Waals surface area contributed by atoms with E-state index in [4.69, 9.17) is 16.3 Å². The third kappa shape index (κ3) is 4.25. The Labute approximate surface area is 149 Å². The predicted molar refractivity (Wildman–Crippen MR) is 92.2 cm³/mol. The number of aromatic nitrogens is 4. The van der Waals surface area contributed by atoms with E-state index < -0.39 is 0 Å². The lowest BCUT2D eigenvalue weighted by atomic mass is 10.2. The highest BCUT2D eigenvalue weighted by Crippen LogP contribution is 2.25. The van der Waals surface area contributed by atoms with Crippen LogP contribution in [0.15, 0.2) is 29.4 Å². The summed E-state index contributed by atoms with van der Waals surface area (Å²) in [5, 5.41) is 15.3. The van der Waals surface area contributed by atoms with Crippen LogP contribution >= 0.6 is 23.4 Å². The summed E-state index contributed by atoms with van der Waals surface area (Å²) in [7, 11) is 0. The van der Waals surface area contributed by atoms with E-state index in [-0.39, 0.29) is 17.3 Å². The molecule has 24 heavy (non-hydrogen) atoms. The van der Waals surface area contributed by atoms with Gasteiger partial charge in [0.2, 0.25) is 11.1 Å². The minimum absolute atomic E-state index is 0.139. The van der Waals surface area contributed by atoms with Crippen molar-refractivity contribution in [2.75, 3.05) is 11.9 Å². The van der Waals surface area contributed by atoms with Gasteiger partial charge in [-0.15, -0.1) is 5.10 Å². The molecule has 7 nitrogen and oxygen atoms in total. The van der Waals surface area contributed by atoms with Crippen LogP contribution in [0.4, 0.5) is 5.69 Å². The van der Waals surface area contributed by atoms with Crippen molar-refractivity contribution in [1.82, 2.24) is 20.2 Å². The maximum atomic E-state index is 12.4. The number of benzene rings is 1. The summed E-state index contributed by atoms with van der Waals surface area (Å²) in [4.78, 5) is 12.4. The van der Waals surface area contributed by atoms with Gasteiger partial charge in [0, 0.05) is 6.61 Å². The van der Waals surface area contributed by atoms with Crippen molar-refractivity contribution < 1.29 is 9.53 Å². The van der Waals surface area contributed by atoms with Gasteiger partial charge in [-0.2, -0.15) is 0 Å². The van der Waals surface area contributed by atoms with Crippen LogP contribution in [0.5, 0.6) is 0 Å². The molecular formula is C15H18ClN5O2S. The van der Waals surface area contributed by atoms with Crippen LogP contribution in [-0.4, -0.2) is 44.1 Å². The zero-order valence-electron chi connectivity index (χ0n) is 13.2. The second-order valence-corrected chi connectivity index (χ2v) is 7.22. The van der Waals surface area contributed by atoms with Crippen molar-refractivity contribution in [2.45, 2.75) is 42.8 Å². The fourth-order valence-electron chi connectivity index (χ4n) is 2.39. The molecule has 1 aromatic carbocycles. The predicted octanol–water partition coefficient (Wildman–Crippen LogP) is 2.62. The Balaban J connectivity index is 1.60. The second-order valence-electron chi connectivity index (χ2n) is 5.51. The van der Waals surface area contributed by atoms with Gasteiger partial charge in [-0.1, -0.05) is 35.5 Å². The fourth-order valence-corrected chi connectivity index (χ4v) is 3.37. The minimum Gasteiger partial charge on any atom is -0.376 e. The number of hydrogen-bond acceptors (Lipinski definition) is 6. The van der Waals surface area contributed by atoms with E-state index in [2.05, 4.69) is 20.8 Å². The number of amides is 1. The van der Waals surface area contributed by atoms with Crippen molar-refractivity contribution in [3.63, 3.8) is 0 Å². The summed E-state index contributed by atoms with van der Waals surface area (Å²) in [6.07, 6.45) is 2.21. The lowest BCUT2D eigenvalue weighted by Gasteiger charge is -2.13. The molecule has 0 aliphatic carbocycles. The zero-order chi connectivity index (χ0) is 16.9. The van der Waals surface area contributed by atoms with Crippen LogP contribution in [0.3, 0.4) is 0 Å². The van der Waals surface area contributed by atoms with Crippen LogP contribution in [0, 0.1) is 0 Å². The van der Waals surface area contributed by atoms with E-state index in [0.717, 1.165) is 19.4 Å². The van der Waals surface area contributed by atoms with Crippen molar-refractivity contribution in [2.24, 2.45) is 0 Å². The molecule has 1 aliphatic rings. The second kappa shape index (κ2) is 7.96. The first-order valence-electron chi connectivity index (χ1n) is 7.73. The molecule has 1 N–H and O–H groups in total. The first-order chi connectivity index (χ1) is 11.6. The molecule has 9 heteroatoms. The molecule has 2 unspecified atom stereocenters. The molecule has 2 atom stereocenters. The molecule has 0 bridgehead atoms. The Hall–Kier alpha value is -1.64. The van der Waals surface area contributed by atoms with Crippen molar-refractivity contribution in [1.29, 1.82) is 0 Å². The number of hydrogen-bond donors (Lipinski definition) is 1. The molecule has 2 aromatic rings. The number of rotatable bonds is 6. The quantitative estimate of drug-likeness (QED) is 0.790. The minimum atomic E-state index is -0.365. The molecule has 128 valence electrons. The average molecular weight is 368 g/mol. The van der Waals surface area contributed by atoms with Crippen LogP contribution in [0.1, 0.15) is 19.8 Å². The van der Waals surface area contributed by atoms with Gasteiger partial charge in [-0.25, -0.2) is 4.68 Å². The Bertz CT molecular complexity index is 705. The highest BCUT2D eigenvalue weighted by atomic mass is 35.5. The summed E-state index contributed by atoms with van der Waals surface area (Å²) in [6, 6.07) is 7.13. The van der Waals surface area contributed by atoms with Gasteiger partial charge >= 0.3 is 0 Å². The number of thioether (sulfide) groups is 1. The molecule has 1 fully saturated rings. The van der Waals surface area contributed by atoms with Gasteiger partial charge in [0.05, 0.1) is 28.6 Å². The Kier molecular flexibility index (Phi) is 5.70. The van der Waals surface area contributed by atoms with E-state index in [1.165, 1.54) is 11.8 Å². The number of carbonyl (C=O) groups is 1. The van der Waals surface area contributed by atoms with Gasteiger partial charge < -0.3 is 10.1 Å². The molecule has 0 saturated carbocycles. The maximum Gasteiger partial charge on any atom is 0.237 e. The summed E-state index contributed by atoms with van der Waals surface area (Å²) in [5.74, 6) is -0.153. The molecule has 0 radical (unpaired) electrons. The largest absolute Gasteiger partial charge is 0.376 e. The number of halogens is 1. The summed E-state index contributed by atoms with van der Waals surface area (Å²) in [6.45, 7) is 3.20. The average Bonchev–Trinajstić information content (AvgIpc) is 3.22. The first kappa shape index (κ1) is 17.2. The van der Waals surface area contributed by atoms with Crippen molar-refractivity contribution in [3.05, 3.63) is 29.3 Å². The fraction of sp³-hybridized carbons (Fsp3) is 0.467. The lowest BCUT2D eigenvalue weighted by molar-refractivity contribution is -0.115. The third-order valence-corrected chi connectivity index (χ3v) is 5.08. The summed E-state index contributed by atoms with van der Waals surface area (Å²) >= 11 is 7.37. The third-order valence-electron chi connectivity index (χ3n) is 3.68. The normalized spacial score (nSPS) is 18.5. The van der Waals surface area contributed by atoms with Gasteiger partial charge in [0.25, 0.3) is 0 Å². The first-order valence-corrected chi connectivity index (χ1v) is 8.99. The number of carbonyl (C=O) groups excluding carboxylic acids is 1. The molecule has 3 rings (SSSR count). The molecular weight excluding hydrogens is 350 g/mol. The van der Waals surface area contributed by atoms with Crippen LogP contribution in [-0.2, 0) is 16.1 Å². The van der Waals surface area contributed by atoms with E-state index in [1.54, 1.807) is 16.8 Å². The van der Waals surface area contributed by atoms with Crippen LogP contribution in [0.25, 0.3) is 0 Å². The smallest absolute Gasteiger partial charge is 0.237 e. The van der Waals surface area contributed by atoms with Crippen molar-refractivity contribution in [3.8, 4) is 0 Å². The number of para-hydroxylation sites is 1. The Morgan fingerprint density at radius 1 is 1.54 bits per heavy atom. The number of nitrogens with zero attached hydrogens (tertiary/aromatic N) is 4. The SMILES string of the molecule is CC(Sc1nnnn1CC1CCCO1)C(=O)Nc1ccccc1Cl. The molecule has 1 aromatic heterocycles. The van der Waals surface area contributed by atoms with E-state index in [1.807, 2.05) is 19.1 Å². The molecule has 1 amide bonds. The molecule has 2 heterocycles. The van der Waals surface area contributed by atoms with Crippen LogP contribution in [0.2, 0.25) is 5.02 Å². The van der Waals surface area contributed by atoms with E-state index in [0.29, 0.717) is 22.4 Å². The highest BCUT2D eigenvalue weighted by Gasteiger charge is 2.22. The van der Waals surface area contributed by atoms with Gasteiger partial charge in [0.1, 0.15) is 0 Å². The number of anilines is 1. The lowest BCUT2D eigenvalue weighted by Crippen LogP contribution is -2.24.